The molecular weight excluding hydrogens is 292 g/mol. The molecule has 1 aliphatic carbocycles. The van der Waals surface area contributed by atoms with E-state index in [0.29, 0.717) is 13.2 Å². The quantitative estimate of drug-likeness (QED) is 0.786. The van der Waals surface area contributed by atoms with Crippen LogP contribution < -0.4 is 5.73 Å². The van der Waals surface area contributed by atoms with Crippen molar-refractivity contribution < 1.29 is 4.74 Å². The third-order valence-corrected chi connectivity index (χ3v) is 4.11. The number of nitrogens with two attached hydrogens (primary N) is 1. The summed E-state index contributed by atoms with van der Waals surface area (Å²) in [5, 5.41) is 0. The zero-order chi connectivity index (χ0) is 13.0. The summed E-state index contributed by atoms with van der Waals surface area (Å²) in [5.74, 6) is 0. The molecule has 0 amide bonds. The summed E-state index contributed by atoms with van der Waals surface area (Å²) in [4.78, 5) is 2.38. The van der Waals surface area contributed by atoms with Crippen molar-refractivity contribution in [3.63, 3.8) is 0 Å². The summed E-state index contributed by atoms with van der Waals surface area (Å²) >= 11 is 3.56. The van der Waals surface area contributed by atoms with E-state index in [2.05, 4.69) is 46.1 Å². The lowest BCUT2D eigenvalue weighted by Gasteiger charge is -2.15. The van der Waals surface area contributed by atoms with Crippen molar-refractivity contribution in [1.29, 1.82) is 0 Å². The lowest BCUT2D eigenvalue weighted by Crippen LogP contribution is -2.25. The maximum absolute atomic E-state index is 5.72. The Morgan fingerprint density at radius 1 is 1.44 bits per heavy atom. The normalized spacial score (nSPS) is 15.3. The molecule has 1 aromatic carbocycles. The first-order valence-corrected chi connectivity index (χ1v) is 7.25. The Hall–Kier alpha value is -0.420. The van der Waals surface area contributed by atoms with Crippen molar-refractivity contribution in [2.75, 3.05) is 20.2 Å². The van der Waals surface area contributed by atoms with Gasteiger partial charge in [-0.25, -0.2) is 0 Å². The van der Waals surface area contributed by atoms with Crippen molar-refractivity contribution in [1.82, 2.24) is 4.90 Å². The topological polar surface area (TPSA) is 38.5 Å². The van der Waals surface area contributed by atoms with Crippen LogP contribution >= 0.6 is 15.9 Å². The molecule has 0 unspecified atom stereocenters. The zero-order valence-corrected chi connectivity index (χ0v) is 12.4. The minimum atomic E-state index is 0.575. The molecule has 1 aromatic rings. The number of benzene rings is 1. The third-order valence-electron chi connectivity index (χ3n) is 3.37. The van der Waals surface area contributed by atoms with Gasteiger partial charge in [-0.15, -0.1) is 0 Å². The first-order valence-electron chi connectivity index (χ1n) is 6.46. The number of likely N-dealkylation sites (N-methyl/N-ethyl adjacent to an activating group) is 1. The lowest BCUT2D eigenvalue weighted by molar-refractivity contribution is 0.0975. The highest BCUT2D eigenvalue weighted by Crippen LogP contribution is 2.25. The molecule has 1 saturated carbocycles. The minimum absolute atomic E-state index is 0.575. The van der Waals surface area contributed by atoms with E-state index in [1.54, 1.807) is 0 Å². The van der Waals surface area contributed by atoms with Crippen molar-refractivity contribution in [3.05, 3.63) is 33.8 Å². The first kappa shape index (κ1) is 14.0. The van der Waals surface area contributed by atoms with Gasteiger partial charge in [0, 0.05) is 23.6 Å². The van der Waals surface area contributed by atoms with Crippen LogP contribution in [0.5, 0.6) is 0 Å². The van der Waals surface area contributed by atoms with Gasteiger partial charge in [0.2, 0.25) is 0 Å². The van der Waals surface area contributed by atoms with Crippen molar-refractivity contribution in [2.24, 2.45) is 5.73 Å². The van der Waals surface area contributed by atoms with E-state index in [1.165, 1.54) is 18.4 Å². The van der Waals surface area contributed by atoms with Crippen LogP contribution in [0.3, 0.4) is 0 Å². The zero-order valence-electron chi connectivity index (χ0n) is 10.9. The van der Waals surface area contributed by atoms with Crippen molar-refractivity contribution in [2.45, 2.75) is 32.0 Å². The fourth-order valence-electron chi connectivity index (χ4n) is 1.92. The van der Waals surface area contributed by atoms with Crippen LogP contribution in [0.2, 0.25) is 0 Å². The highest BCUT2D eigenvalue weighted by Gasteiger charge is 2.25. The Morgan fingerprint density at radius 2 is 2.22 bits per heavy atom. The fourth-order valence-corrected chi connectivity index (χ4v) is 2.46. The summed E-state index contributed by atoms with van der Waals surface area (Å²) < 4.78 is 6.80. The molecule has 18 heavy (non-hydrogen) atoms. The number of nitrogens with zero attached hydrogens (tertiary/aromatic N) is 1. The number of hydrogen-bond donors (Lipinski definition) is 1. The van der Waals surface area contributed by atoms with Crippen LogP contribution in [0.4, 0.5) is 0 Å². The standard InChI is InChI=1S/C14H21BrN2O/c1-17(13-4-5-13)6-7-18-10-12-3-2-11(9-16)8-14(12)15/h2-3,8,13H,4-7,9-10,16H2,1H3. The predicted molar refractivity (Wildman–Crippen MR) is 77.3 cm³/mol. The van der Waals surface area contributed by atoms with Gasteiger partial charge in [0.25, 0.3) is 0 Å². The molecule has 100 valence electrons. The molecule has 0 atom stereocenters. The monoisotopic (exact) mass is 312 g/mol. The van der Waals surface area contributed by atoms with E-state index in [4.69, 9.17) is 10.5 Å². The second-order valence-electron chi connectivity index (χ2n) is 4.89. The van der Waals surface area contributed by atoms with Crippen LogP contribution in [-0.4, -0.2) is 31.1 Å². The van der Waals surface area contributed by atoms with Crippen molar-refractivity contribution >= 4 is 15.9 Å². The third kappa shape index (κ3) is 4.05. The summed E-state index contributed by atoms with van der Waals surface area (Å²) in [6, 6.07) is 7.01. The second-order valence-corrected chi connectivity index (χ2v) is 5.75. The predicted octanol–water partition coefficient (Wildman–Crippen LogP) is 2.52. The van der Waals surface area contributed by atoms with Gasteiger partial charge in [-0.3, -0.25) is 0 Å². The molecule has 0 radical (unpaired) electrons. The lowest BCUT2D eigenvalue weighted by atomic mass is 10.1. The molecule has 1 aliphatic rings. The smallest absolute Gasteiger partial charge is 0.0728 e. The van der Waals surface area contributed by atoms with Crippen molar-refractivity contribution in [3.8, 4) is 0 Å². The summed E-state index contributed by atoms with van der Waals surface area (Å²) in [7, 11) is 2.17. The molecule has 2 rings (SSSR count). The van der Waals surface area contributed by atoms with E-state index in [1.807, 2.05) is 0 Å². The van der Waals surface area contributed by atoms with E-state index < -0.39 is 0 Å². The molecule has 0 aliphatic heterocycles. The number of hydrogen-bond acceptors (Lipinski definition) is 3. The molecular formula is C14H21BrN2O. The van der Waals surface area contributed by atoms with Crippen LogP contribution in [0, 0.1) is 0 Å². The second kappa shape index (κ2) is 6.66. The first-order chi connectivity index (χ1) is 8.70. The fraction of sp³-hybridized carbons (Fsp3) is 0.571. The average molecular weight is 313 g/mol. The van der Waals surface area contributed by atoms with Crippen LogP contribution in [0.25, 0.3) is 0 Å². The Morgan fingerprint density at radius 3 is 2.83 bits per heavy atom. The molecule has 0 aromatic heterocycles. The molecule has 3 nitrogen and oxygen atoms in total. The Balaban J connectivity index is 1.72. The van der Waals surface area contributed by atoms with Crippen LogP contribution in [0.1, 0.15) is 24.0 Å². The number of rotatable bonds is 7. The number of ether oxygens (including phenoxy) is 1. The van der Waals surface area contributed by atoms with Gasteiger partial charge in [-0.05, 0) is 37.1 Å². The molecule has 2 N–H and O–H groups in total. The maximum Gasteiger partial charge on any atom is 0.0728 e. The Kier molecular flexibility index (Phi) is 5.18. The summed E-state index contributed by atoms with van der Waals surface area (Å²) in [6.45, 7) is 3.04. The molecule has 0 spiro atoms. The van der Waals surface area contributed by atoms with Gasteiger partial charge in [0.05, 0.1) is 13.2 Å². The molecule has 0 heterocycles. The maximum atomic E-state index is 5.72. The SMILES string of the molecule is CN(CCOCc1ccc(CN)cc1Br)C1CC1. The van der Waals surface area contributed by atoms with Gasteiger partial charge >= 0.3 is 0 Å². The van der Waals surface area contributed by atoms with Gasteiger partial charge in [0.15, 0.2) is 0 Å². The highest BCUT2D eigenvalue weighted by molar-refractivity contribution is 9.10. The van der Waals surface area contributed by atoms with E-state index >= 15 is 0 Å². The van der Waals surface area contributed by atoms with E-state index in [9.17, 15) is 0 Å². The van der Waals surface area contributed by atoms with Crippen LogP contribution in [0.15, 0.2) is 22.7 Å². The molecule has 1 fully saturated rings. The Bertz CT molecular complexity index is 393. The Labute approximate surface area is 117 Å². The molecule has 4 heteroatoms. The minimum Gasteiger partial charge on any atom is -0.375 e. The number of halogens is 1. The summed E-state index contributed by atoms with van der Waals surface area (Å²) in [6.07, 6.45) is 2.70. The van der Waals surface area contributed by atoms with Gasteiger partial charge in [-0.2, -0.15) is 0 Å². The highest BCUT2D eigenvalue weighted by atomic mass is 79.9. The average Bonchev–Trinajstić information content (AvgIpc) is 3.20. The summed E-state index contributed by atoms with van der Waals surface area (Å²) in [5.41, 5.74) is 7.92. The van der Waals surface area contributed by atoms with Gasteiger partial charge < -0.3 is 15.4 Å². The van der Waals surface area contributed by atoms with Gasteiger partial charge in [0.1, 0.15) is 0 Å². The molecule has 0 saturated heterocycles. The van der Waals surface area contributed by atoms with E-state index in [-0.39, 0.29) is 0 Å². The van der Waals surface area contributed by atoms with E-state index in [0.717, 1.165) is 29.2 Å². The largest absolute Gasteiger partial charge is 0.375 e. The van der Waals surface area contributed by atoms with Crippen LogP contribution in [-0.2, 0) is 17.9 Å². The van der Waals surface area contributed by atoms with Gasteiger partial charge in [-0.1, -0.05) is 28.1 Å². The molecule has 0 bridgehead atoms.